The molecular formula is C24H26O4Se. The zero-order valence-corrected chi connectivity index (χ0v) is 18.9. The van der Waals surface area contributed by atoms with Crippen LogP contribution in [0, 0.1) is 17.8 Å². The molecule has 0 saturated heterocycles. The number of ether oxygens (including phenoxy) is 2. The van der Waals surface area contributed by atoms with Crippen molar-refractivity contribution < 1.29 is 19.1 Å². The van der Waals surface area contributed by atoms with E-state index in [1.54, 1.807) is 6.08 Å². The van der Waals surface area contributed by atoms with E-state index in [1.165, 1.54) is 18.7 Å². The summed E-state index contributed by atoms with van der Waals surface area (Å²) in [5.41, 5.74) is 1.41. The number of hydrogen-bond acceptors (Lipinski definition) is 4. The first kappa shape index (κ1) is 21.4. The first-order chi connectivity index (χ1) is 13.8. The molecule has 0 heterocycles. The molecule has 1 aliphatic rings. The van der Waals surface area contributed by atoms with Gasteiger partial charge in [0, 0.05) is 0 Å². The van der Waals surface area contributed by atoms with E-state index >= 15 is 0 Å². The van der Waals surface area contributed by atoms with Crippen molar-refractivity contribution in [2.24, 2.45) is 10.8 Å². The van der Waals surface area contributed by atoms with E-state index in [4.69, 9.17) is 9.47 Å². The van der Waals surface area contributed by atoms with E-state index in [0.717, 1.165) is 22.0 Å². The van der Waals surface area contributed by atoms with E-state index in [2.05, 4.69) is 25.1 Å². The van der Waals surface area contributed by atoms with Gasteiger partial charge in [-0.05, 0) is 0 Å². The van der Waals surface area contributed by atoms with Crippen LogP contribution in [0.3, 0.4) is 0 Å². The Hall–Kier alpha value is -2.36. The Balaban J connectivity index is 2.07. The third-order valence-electron chi connectivity index (χ3n) is 5.44. The van der Waals surface area contributed by atoms with Crippen molar-refractivity contribution in [3.05, 3.63) is 71.8 Å². The average Bonchev–Trinajstić information content (AvgIpc) is 3.07. The van der Waals surface area contributed by atoms with Crippen LogP contribution in [0.15, 0.2) is 60.7 Å². The molecule has 0 saturated carbocycles. The molecule has 0 amide bonds. The van der Waals surface area contributed by atoms with Crippen LogP contribution in [-0.4, -0.2) is 41.1 Å². The van der Waals surface area contributed by atoms with Gasteiger partial charge in [0.2, 0.25) is 0 Å². The molecule has 1 unspecified atom stereocenters. The van der Waals surface area contributed by atoms with E-state index in [0.29, 0.717) is 6.42 Å². The Bertz CT molecular complexity index is 919. The number of benzene rings is 2. The van der Waals surface area contributed by atoms with Crippen LogP contribution in [-0.2, 0) is 19.1 Å². The molecule has 2 aromatic carbocycles. The first-order valence-electron chi connectivity index (χ1n) is 9.50. The molecule has 0 aromatic heterocycles. The maximum absolute atomic E-state index is 12.8. The summed E-state index contributed by atoms with van der Waals surface area (Å²) in [6.07, 6.45) is 2.14. The predicted octanol–water partition coefficient (Wildman–Crippen LogP) is 3.57. The Morgan fingerprint density at radius 2 is 1.66 bits per heavy atom. The molecule has 1 atom stereocenters. The van der Waals surface area contributed by atoms with Gasteiger partial charge in [0.05, 0.1) is 0 Å². The molecule has 3 rings (SSSR count). The summed E-state index contributed by atoms with van der Waals surface area (Å²) in [5, 5.41) is 0.861. The van der Waals surface area contributed by atoms with Crippen molar-refractivity contribution >= 4 is 36.9 Å². The van der Waals surface area contributed by atoms with Crippen LogP contribution in [0.5, 0.6) is 0 Å². The van der Waals surface area contributed by atoms with E-state index in [-0.39, 0.29) is 20.4 Å². The van der Waals surface area contributed by atoms with Gasteiger partial charge in [-0.2, -0.15) is 0 Å². The van der Waals surface area contributed by atoms with Gasteiger partial charge in [0.1, 0.15) is 0 Å². The van der Waals surface area contributed by atoms with Gasteiger partial charge < -0.3 is 0 Å². The van der Waals surface area contributed by atoms with Gasteiger partial charge in [0.25, 0.3) is 0 Å². The molecule has 4 nitrogen and oxygen atoms in total. The summed E-state index contributed by atoms with van der Waals surface area (Å²) in [6.45, 7) is 4.18. The number of allylic oxidation sites excluding steroid dienone is 1. The molecule has 2 aromatic rings. The zero-order valence-electron chi connectivity index (χ0n) is 17.2. The van der Waals surface area contributed by atoms with Crippen molar-refractivity contribution in [2.45, 2.75) is 25.6 Å². The predicted molar refractivity (Wildman–Crippen MR) is 115 cm³/mol. The third kappa shape index (κ3) is 4.17. The summed E-state index contributed by atoms with van der Waals surface area (Å²) in [6, 6.07) is 18.5. The van der Waals surface area contributed by atoms with Gasteiger partial charge in [0.15, 0.2) is 0 Å². The molecule has 0 spiro atoms. The van der Waals surface area contributed by atoms with E-state index < -0.39 is 17.4 Å². The summed E-state index contributed by atoms with van der Waals surface area (Å²) in [4.78, 5) is 25.6. The second-order valence-electron chi connectivity index (χ2n) is 7.72. The SMILES string of the molecule is COC(=O)C1(C(=O)OC)C=C(c2cccc(C)c2)C(C)(C[Se]c2ccccc2)C1. The van der Waals surface area contributed by atoms with Gasteiger partial charge in [-0.3, -0.25) is 0 Å². The molecule has 0 radical (unpaired) electrons. The number of methoxy groups -OCH3 is 2. The molecule has 0 aliphatic heterocycles. The second kappa shape index (κ2) is 8.56. The van der Waals surface area contributed by atoms with E-state index in [1.807, 2.05) is 43.3 Å². The number of hydrogen-bond donors (Lipinski definition) is 0. The summed E-state index contributed by atoms with van der Waals surface area (Å²) in [7, 11) is 2.63. The molecular weight excluding hydrogens is 431 g/mol. The van der Waals surface area contributed by atoms with Crippen LogP contribution < -0.4 is 4.46 Å². The maximum atomic E-state index is 12.8. The van der Waals surface area contributed by atoms with Gasteiger partial charge in [-0.1, -0.05) is 0 Å². The standard InChI is InChI=1S/C24H26O4Se/c1-17-9-8-10-18(13-17)20-14-24(21(25)27-3,22(26)28-4)15-23(20,2)16-29-19-11-6-5-7-12-19/h5-14H,15-16H2,1-4H3. The molecule has 5 heteroatoms. The topological polar surface area (TPSA) is 52.6 Å². The normalized spacial score (nSPS) is 20.1. The molecule has 29 heavy (non-hydrogen) atoms. The number of aryl methyl sites for hydroxylation is 1. The van der Waals surface area contributed by atoms with Crippen molar-refractivity contribution in [3.8, 4) is 0 Å². The summed E-state index contributed by atoms with van der Waals surface area (Å²) in [5.74, 6) is -1.13. The van der Waals surface area contributed by atoms with Gasteiger partial charge in [-0.15, -0.1) is 0 Å². The molecule has 152 valence electrons. The van der Waals surface area contributed by atoms with Crippen LogP contribution in [0.2, 0.25) is 5.32 Å². The minimum atomic E-state index is -1.41. The van der Waals surface area contributed by atoms with Crippen LogP contribution in [0.4, 0.5) is 0 Å². The number of carbonyl (C=O) groups is 2. The fourth-order valence-corrected chi connectivity index (χ4v) is 6.32. The van der Waals surface area contributed by atoms with Crippen LogP contribution in [0.25, 0.3) is 5.57 Å². The molecule has 0 fully saturated rings. The number of rotatable bonds is 6. The molecule has 0 bridgehead atoms. The van der Waals surface area contributed by atoms with Crippen LogP contribution in [0.1, 0.15) is 24.5 Å². The number of carbonyl (C=O) groups excluding carboxylic acids is 2. The zero-order chi connectivity index (χ0) is 21.1. The van der Waals surface area contributed by atoms with Crippen molar-refractivity contribution in [1.29, 1.82) is 0 Å². The van der Waals surface area contributed by atoms with Crippen molar-refractivity contribution in [3.63, 3.8) is 0 Å². The number of esters is 2. The Morgan fingerprint density at radius 3 is 2.24 bits per heavy atom. The van der Waals surface area contributed by atoms with Gasteiger partial charge in [-0.25, -0.2) is 0 Å². The Labute approximate surface area is 178 Å². The van der Waals surface area contributed by atoms with Crippen molar-refractivity contribution in [2.75, 3.05) is 14.2 Å². The quantitative estimate of drug-likeness (QED) is 0.378. The Morgan fingerprint density at radius 1 is 1.00 bits per heavy atom. The summed E-state index contributed by atoms with van der Waals surface area (Å²) >= 11 is 0.196. The monoisotopic (exact) mass is 458 g/mol. The fraction of sp³-hybridized carbons (Fsp3) is 0.333. The van der Waals surface area contributed by atoms with Crippen molar-refractivity contribution in [1.82, 2.24) is 0 Å². The molecule has 0 N–H and O–H groups in total. The molecule has 1 aliphatic carbocycles. The minimum absolute atomic E-state index is 0.196. The van der Waals surface area contributed by atoms with Crippen LogP contribution >= 0.6 is 0 Å². The fourth-order valence-electron chi connectivity index (χ4n) is 4.02. The Kier molecular flexibility index (Phi) is 6.30. The summed E-state index contributed by atoms with van der Waals surface area (Å²) < 4.78 is 11.4. The van der Waals surface area contributed by atoms with Gasteiger partial charge >= 0.3 is 178 Å². The van der Waals surface area contributed by atoms with E-state index in [9.17, 15) is 9.59 Å². The first-order valence-corrected chi connectivity index (χ1v) is 11.6. The average molecular weight is 457 g/mol. The third-order valence-corrected chi connectivity index (χ3v) is 8.35. The second-order valence-corrected chi connectivity index (χ2v) is 9.92.